The molecule has 1 rings (SSSR count). The molecule has 1 aliphatic heterocycles. The number of hydrogen-bond acceptors (Lipinski definition) is 8. The molecule has 0 spiro atoms. The smallest absolute Gasteiger partial charge is 0.220 e. The number of amides is 1. The van der Waals surface area contributed by atoms with Gasteiger partial charge in [0.25, 0.3) is 0 Å². The van der Waals surface area contributed by atoms with E-state index in [-0.39, 0.29) is 12.5 Å². The molecule has 6 N–H and O–H groups in total. The zero-order valence-corrected chi connectivity index (χ0v) is 49.8. The third kappa shape index (κ3) is 44.9. The van der Waals surface area contributed by atoms with Gasteiger partial charge < -0.3 is 40.3 Å². The second-order valence-electron chi connectivity index (χ2n) is 22.9. The number of carbonyl (C=O) groups is 1. The van der Waals surface area contributed by atoms with Crippen LogP contribution in [0.5, 0.6) is 0 Å². The van der Waals surface area contributed by atoms with Gasteiger partial charge in [-0.3, -0.25) is 4.79 Å². The fourth-order valence-corrected chi connectivity index (χ4v) is 10.4. The summed E-state index contributed by atoms with van der Waals surface area (Å²) in [5.41, 5.74) is 0. The molecule has 0 aromatic carbocycles. The van der Waals surface area contributed by atoms with E-state index >= 15 is 0 Å². The SMILES string of the molecule is CCCCCCCCCCCC/C=C/CC/C=C/CC/C=C/C(O)C(COC1OC(CO)C(O)C(O)C1O)NC(=O)CCCCCCCCCCCCCCCCCCC/C=C\CCCCCCCCCCCCCC. The Morgan fingerprint density at radius 2 is 0.750 bits per heavy atom. The van der Waals surface area contributed by atoms with Crippen LogP contribution in [-0.2, 0) is 14.3 Å². The van der Waals surface area contributed by atoms with Crippen LogP contribution in [0.15, 0.2) is 48.6 Å². The molecule has 446 valence electrons. The van der Waals surface area contributed by atoms with E-state index in [1.807, 2.05) is 6.08 Å². The monoisotopic (exact) mass is 1070 g/mol. The number of carbonyl (C=O) groups excluding carboxylic acids is 1. The fraction of sp³-hybridized carbons (Fsp3) is 0.866. The molecule has 0 radical (unpaired) electrons. The van der Waals surface area contributed by atoms with E-state index in [0.29, 0.717) is 6.42 Å². The second-order valence-corrected chi connectivity index (χ2v) is 22.9. The number of aliphatic hydroxyl groups excluding tert-OH is 5. The minimum atomic E-state index is -1.58. The van der Waals surface area contributed by atoms with E-state index < -0.39 is 49.5 Å². The molecule has 0 aromatic rings. The Bertz CT molecular complexity index is 1340. The Morgan fingerprint density at radius 1 is 0.434 bits per heavy atom. The van der Waals surface area contributed by atoms with Gasteiger partial charge in [0.05, 0.1) is 25.4 Å². The summed E-state index contributed by atoms with van der Waals surface area (Å²) in [7, 11) is 0. The normalized spacial score (nSPS) is 19.1. The Labute approximate surface area is 469 Å². The molecule has 1 saturated heterocycles. The van der Waals surface area contributed by atoms with Crippen LogP contribution in [0, 0.1) is 0 Å². The third-order valence-electron chi connectivity index (χ3n) is 15.6. The third-order valence-corrected chi connectivity index (χ3v) is 15.6. The average molecular weight is 1070 g/mol. The molecular formula is C67H125NO8. The molecule has 7 atom stereocenters. The van der Waals surface area contributed by atoms with Crippen LogP contribution in [-0.4, -0.2) is 87.5 Å². The molecule has 9 nitrogen and oxygen atoms in total. The Kier molecular flexibility index (Phi) is 53.6. The lowest BCUT2D eigenvalue weighted by atomic mass is 9.99. The number of unbranched alkanes of at least 4 members (excludes halogenated alkanes) is 41. The van der Waals surface area contributed by atoms with Crippen molar-refractivity contribution in [3.05, 3.63) is 48.6 Å². The van der Waals surface area contributed by atoms with Crippen molar-refractivity contribution in [2.24, 2.45) is 0 Å². The maximum atomic E-state index is 13.1. The molecule has 7 unspecified atom stereocenters. The first-order valence-electron chi connectivity index (χ1n) is 32.9. The van der Waals surface area contributed by atoms with Gasteiger partial charge in [0.15, 0.2) is 6.29 Å². The van der Waals surface area contributed by atoms with Crippen molar-refractivity contribution in [3.63, 3.8) is 0 Å². The number of rotatable bonds is 57. The van der Waals surface area contributed by atoms with Crippen LogP contribution < -0.4 is 5.32 Å². The molecule has 9 heteroatoms. The van der Waals surface area contributed by atoms with Gasteiger partial charge in [-0.15, -0.1) is 0 Å². The van der Waals surface area contributed by atoms with Crippen LogP contribution >= 0.6 is 0 Å². The largest absolute Gasteiger partial charge is 0.394 e. The Morgan fingerprint density at radius 3 is 1.11 bits per heavy atom. The van der Waals surface area contributed by atoms with Gasteiger partial charge in [-0.2, -0.15) is 0 Å². The van der Waals surface area contributed by atoms with Crippen molar-refractivity contribution < 1.29 is 39.8 Å². The number of ether oxygens (including phenoxy) is 2. The highest BCUT2D eigenvalue weighted by Gasteiger charge is 2.44. The summed E-state index contributed by atoms with van der Waals surface area (Å²) in [5.74, 6) is -0.186. The van der Waals surface area contributed by atoms with Crippen LogP contribution in [0.25, 0.3) is 0 Å². The summed E-state index contributed by atoms with van der Waals surface area (Å²) in [6.07, 6.45) is 69.3. The van der Waals surface area contributed by atoms with Gasteiger partial charge in [-0.25, -0.2) is 0 Å². The second kappa shape index (κ2) is 56.4. The Hall–Kier alpha value is -1.85. The lowest BCUT2D eigenvalue weighted by molar-refractivity contribution is -0.302. The van der Waals surface area contributed by atoms with Crippen molar-refractivity contribution in [2.75, 3.05) is 13.2 Å². The van der Waals surface area contributed by atoms with E-state index in [4.69, 9.17) is 9.47 Å². The quantitative estimate of drug-likeness (QED) is 0.0261. The molecule has 1 heterocycles. The van der Waals surface area contributed by atoms with Crippen LogP contribution in [0.4, 0.5) is 0 Å². The van der Waals surface area contributed by atoms with Gasteiger partial charge >= 0.3 is 0 Å². The number of nitrogens with one attached hydrogen (secondary N) is 1. The summed E-state index contributed by atoms with van der Waals surface area (Å²) >= 11 is 0. The summed E-state index contributed by atoms with van der Waals surface area (Å²) in [6.45, 7) is 3.79. The van der Waals surface area contributed by atoms with Crippen molar-refractivity contribution in [1.29, 1.82) is 0 Å². The minimum Gasteiger partial charge on any atom is -0.394 e. The summed E-state index contributed by atoms with van der Waals surface area (Å²) in [4.78, 5) is 13.1. The van der Waals surface area contributed by atoms with Crippen molar-refractivity contribution >= 4 is 5.91 Å². The molecule has 1 aliphatic rings. The van der Waals surface area contributed by atoms with Crippen molar-refractivity contribution in [3.8, 4) is 0 Å². The van der Waals surface area contributed by atoms with Gasteiger partial charge in [0, 0.05) is 6.42 Å². The van der Waals surface area contributed by atoms with Crippen LogP contribution in [0.2, 0.25) is 0 Å². The predicted molar refractivity (Wildman–Crippen MR) is 323 cm³/mol. The van der Waals surface area contributed by atoms with E-state index in [1.54, 1.807) is 6.08 Å². The summed E-state index contributed by atoms with van der Waals surface area (Å²) in [6, 6.07) is -0.829. The number of hydrogen-bond donors (Lipinski definition) is 6. The van der Waals surface area contributed by atoms with Gasteiger partial charge in [-0.1, -0.05) is 287 Å². The lowest BCUT2D eigenvalue weighted by Crippen LogP contribution is -2.60. The fourth-order valence-electron chi connectivity index (χ4n) is 10.4. The highest BCUT2D eigenvalue weighted by atomic mass is 16.7. The maximum absolute atomic E-state index is 13.1. The molecule has 0 saturated carbocycles. The van der Waals surface area contributed by atoms with E-state index in [9.17, 15) is 30.3 Å². The highest BCUT2D eigenvalue weighted by molar-refractivity contribution is 5.76. The molecule has 1 amide bonds. The molecule has 76 heavy (non-hydrogen) atoms. The topological polar surface area (TPSA) is 149 Å². The van der Waals surface area contributed by atoms with Crippen LogP contribution in [0.1, 0.15) is 316 Å². The van der Waals surface area contributed by atoms with Crippen LogP contribution in [0.3, 0.4) is 0 Å². The lowest BCUT2D eigenvalue weighted by Gasteiger charge is -2.40. The van der Waals surface area contributed by atoms with Gasteiger partial charge in [0.1, 0.15) is 24.4 Å². The van der Waals surface area contributed by atoms with E-state index in [0.717, 1.165) is 44.9 Å². The van der Waals surface area contributed by atoms with E-state index in [1.165, 1.54) is 250 Å². The van der Waals surface area contributed by atoms with Crippen molar-refractivity contribution in [1.82, 2.24) is 5.32 Å². The van der Waals surface area contributed by atoms with Crippen molar-refractivity contribution in [2.45, 2.75) is 358 Å². The van der Waals surface area contributed by atoms with Gasteiger partial charge in [-0.05, 0) is 70.6 Å². The first-order chi connectivity index (χ1) is 37.3. The standard InChI is InChI=1S/C67H125NO8/c1-3-5-7-9-11-13-15-17-19-21-23-25-26-27-28-29-30-31-32-33-34-35-36-37-39-41-43-45-47-49-51-53-55-57-63(71)68-60(59-75-67-66(74)65(73)64(72)62(58-69)76-67)61(70)56-54-52-50-48-46-44-42-40-38-24-22-20-18-16-14-12-10-8-6-4-2/h27-28,38,40,46,48,54,56,60-62,64-67,69-70,72-74H,3-26,29-37,39,41-45,47,49-53,55,57-59H2,1-2H3,(H,68,71)/b28-27-,40-38+,48-46+,56-54+. The number of aliphatic hydroxyl groups is 5. The first kappa shape index (κ1) is 72.2. The molecule has 1 fully saturated rings. The maximum Gasteiger partial charge on any atom is 0.220 e. The Balaban J connectivity index is 2.15. The molecule has 0 bridgehead atoms. The highest BCUT2D eigenvalue weighted by Crippen LogP contribution is 2.23. The average Bonchev–Trinajstić information content (AvgIpc) is 3.42. The molecule has 0 aromatic heterocycles. The minimum absolute atomic E-state index is 0.186. The molecular weight excluding hydrogens is 947 g/mol. The zero-order chi connectivity index (χ0) is 55.0. The summed E-state index contributed by atoms with van der Waals surface area (Å²) in [5, 5.41) is 54.6. The van der Waals surface area contributed by atoms with E-state index in [2.05, 4.69) is 55.6 Å². The summed E-state index contributed by atoms with van der Waals surface area (Å²) < 4.78 is 11.3. The zero-order valence-electron chi connectivity index (χ0n) is 49.8. The number of allylic oxidation sites excluding steroid dienone is 7. The predicted octanol–water partition coefficient (Wildman–Crippen LogP) is 17.2. The molecule has 0 aliphatic carbocycles. The first-order valence-corrected chi connectivity index (χ1v) is 32.9. The van der Waals surface area contributed by atoms with Gasteiger partial charge in [0.2, 0.25) is 5.91 Å².